The van der Waals surface area contributed by atoms with Crippen LogP contribution < -0.4 is 10.9 Å². The van der Waals surface area contributed by atoms with Crippen molar-refractivity contribution in [2.45, 2.75) is 4.90 Å². The minimum absolute atomic E-state index is 0.206. The summed E-state index contributed by atoms with van der Waals surface area (Å²) < 4.78 is 1.13. The summed E-state index contributed by atoms with van der Waals surface area (Å²) in [5.41, 5.74) is 0.690. The molecular formula is C13H13N3O2S. The molecule has 0 unspecified atom stereocenters. The number of amides is 1. The number of nitrogens with zero attached hydrogens (tertiary/aromatic N) is 2. The van der Waals surface area contributed by atoms with Crippen molar-refractivity contribution in [3.05, 3.63) is 52.4 Å². The lowest BCUT2D eigenvalue weighted by atomic mass is 10.3. The maximum atomic E-state index is 12.0. The average Bonchev–Trinajstić information content (AvgIpc) is 2.42. The molecule has 5 nitrogen and oxygen atoms in total. The fraction of sp³-hybridized carbons (Fsp3) is 0.154. The van der Waals surface area contributed by atoms with E-state index in [9.17, 15) is 9.59 Å². The van der Waals surface area contributed by atoms with Gasteiger partial charge in [-0.1, -0.05) is 12.1 Å². The third kappa shape index (κ3) is 3.03. The second kappa shape index (κ2) is 5.71. The van der Waals surface area contributed by atoms with Gasteiger partial charge in [-0.05, 0) is 24.5 Å². The van der Waals surface area contributed by atoms with Crippen LogP contribution in [0.1, 0.15) is 10.5 Å². The molecule has 0 bridgehead atoms. The Kier molecular flexibility index (Phi) is 4.01. The highest BCUT2D eigenvalue weighted by Crippen LogP contribution is 2.24. The Morgan fingerprint density at radius 1 is 1.26 bits per heavy atom. The van der Waals surface area contributed by atoms with Gasteiger partial charge in [-0.2, -0.15) is 5.10 Å². The van der Waals surface area contributed by atoms with Gasteiger partial charge in [0.1, 0.15) is 5.69 Å². The maximum absolute atomic E-state index is 12.0. The smallest absolute Gasteiger partial charge is 0.276 e. The van der Waals surface area contributed by atoms with E-state index in [0.717, 1.165) is 15.3 Å². The van der Waals surface area contributed by atoms with Gasteiger partial charge >= 0.3 is 0 Å². The van der Waals surface area contributed by atoms with Crippen molar-refractivity contribution in [3.8, 4) is 0 Å². The van der Waals surface area contributed by atoms with E-state index in [1.54, 1.807) is 11.8 Å². The van der Waals surface area contributed by atoms with E-state index in [1.807, 2.05) is 30.5 Å². The molecule has 1 aromatic carbocycles. The summed E-state index contributed by atoms with van der Waals surface area (Å²) in [6, 6.07) is 10.2. The van der Waals surface area contributed by atoms with E-state index < -0.39 is 0 Å². The Labute approximate surface area is 114 Å². The van der Waals surface area contributed by atoms with Crippen LogP contribution in [0.25, 0.3) is 0 Å². The van der Waals surface area contributed by atoms with Crippen molar-refractivity contribution in [1.82, 2.24) is 9.78 Å². The third-order valence-electron chi connectivity index (χ3n) is 2.55. The predicted molar refractivity (Wildman–Crippen MR) is 75.7 cm³/mol. The zero-order chi connectivity index (χ0) is 13.8. The monoisotopic (exact) mass is 275 g/mol. The summed E-state index contributed by atoms with van der Waals surface area (Å²) in [5, 5.41) is 6.70. The number of carbonyl (C=O) groups excluding carboxylic acids is 1. The van der Waals surface area contributed by atoms with E-state index >= 15 is 0 Å². The highest BCUT2D eigenvalue weighted by atomic mass is 32.2. The Bertz CT molecular complexity index is 667. The molecule has 1 N–H and O–H groups in total. The first-order valence-electron chi connectivity index (χ1n) is 5.60. The molecule has 2 rings (SSSR count). The molecule has 0 saturated carbocycles. The zero-order valence-electron chi connectivity index (χ0n) is 10.6. The molecule has 1 aromatic heterocycles. The minimum atomic E-state index is -0.336. The fourth-order valence-electron chi connectivity index (χ4n) is 1.56. The van der Waals surface area contributed by atoms with Crippen LogP contribution in [0.15, 0.2) is 46.1 Å². The molecule has 1 heterocycles. The Morgan fingerprint density at radius 2 is 2.00 bits per heavy atom. The van der Waals surface area contributed by atoms with E-state index in [0.29, 0.717) is 0 Å². The van der Waals surface area contributed by atoms with Gasteiger partial charge in [0.15, 0.2) is 0 Å². The molecule has 0 radical (unpaired) electrons. The van der Waals surface area contributed by atoms with Crippen LogP contribution in [0.4, 0.5) is 5.69 Å². The lowest BCUT2D eigenvalue weighted by molar-refractivity contribution is 0.102. The van der Waals surface area contributed by atoms with E-state index in [1.165, 1.54) is 19.2 Å². The Morgan fingerprint density at radius 3 is 2.68 bits per heavy atom. The number of benzene rings is 1. The first kappa shape index (κ1) is 13.4. The fourth-order valence-corrected chi connectivity index (χ4v) is 2.11. The molecule has 0 fully saturated rings. The third-order valence-corrected chi connectivity index (χ3v) is 3.34. The number of thioether (sulfide) groups is 1. The molecular weight excluding hydrogens is 262 g/mol. The molecule has 98 valence electrons. The van der Waals surface area contributed by atoms with Crippen molar-refractivity contribution in [1.29, 1.82) is 0 Å². The molecule has 0 atom stereocenters. The van der Waals surface area contributed by atoms with Crippen molar-refractivity contribution in [2.75, 3.05) is 11.6 Å². The molecule has 6 heteroatoms. The summed E-state index contributed by atoms with van der Waals surface area (Å²) in [4.78, 5) is 24.2. The van der Waals surface area contributed by atoms with E-state index in [4.69, 9.17) is 0 Å². The molecule has 0 spiro atoms. The number of aromatic nitrogens is 2. The number of carbonyl (C=O) groups is 1. The van der Waals surface area contributed by atoms with Crippen LogP contribution in [0.5, 0.6) is 0 Å². The van der Waals surface area contributed by atoms with Gasteiger partial charge in [0, 0.05) is 18.0 Å². The van der Waals surface area contributed by atoms with Crippen LogP contribution >= 0.6 is 11.8 Å². The molecule has 1 amide bonds. The normalized spacial score (nSPS) is 10.2. The zero-order valence-corrected chi connectivity index (χ0v) is 11.4. The summed E-state index contributed by atoms with van der Waals surface area (Å²) in [5.74, 6) is -0.336. The maximum Gasteiger partial charge on any atom is 0.276 e. The van der Waals surface area contributed by atoms with E-state index in [-0.39, 0.29) is 17.2 Å². The highest BCUT2D eigenvalue weighted by molar-refractivity contribution is 7.98. The van der Waals surface area contributed by atoms with Gasteiger partial charge < -0.3 is 5.32 Å². The van der Waals surface area contributed by atoms with Crippen LogP contribution in [0, 0.1) is 0 Å². The first-order valence-corrected chi connectivity index (χ1v) is 6.83. The topological polar surface area (TPSA) is 64.0 Å². The summed E-state index contributed by atoms with van der Waals surface area (Å²) in [7, 11) is 1.51. The average molecular weight is 275 g/mol. The molecule has 0 aliphatic rings. The number of para-hydroxylation sites is 1. The van der Waals surface area contributed by atoms with Gasteiger partial charge in [0.25, 0.3) is 11.5 Å². The lowest BCUT2D eigenvalue weighted by Crippen LogP contribution is -2.23. The number of nitrogens with one attached hydrogen (secondary N) is 1. The molecule has 19 heavy (non-hydrogen) atoms. The van der Waals surface area contributed by atoms with Gasteiger partial charge in [-0.25, -0.2) is 4.68 Å². The number of anilines is 1. The van der Waals surface area contributed by atoms with Crippen molar-refractivity contribution >= 4 is 23.4 Å². The molecule has 0 aliphatic heterocycles. The second-order valence-electron chi connectivity index (χ2n) is 3.83. The Balaban J connectivity index is 2.25. The quantitative estimate of drug-likeness (QED) is 0.867. The molecule has 0 aliphatic carbocycles. The number of rotatable bonds is 3. The first-order chi connectivity index (χ1) is 9.11. The van der Waals surface area contributed by atoms with Crippen LogP contribution in [-0.4, -0.2) is 21.9 Å². The highest BCUT2D eigenvalue weighted by Gasteiger charge is 2.10. The predicted octanol–water partition coefficient (Wildman–Crippen LogP) is 1.75. The van der Waals surface area contributed by atoms with Crippen molar-refractivity contribution < 1.29 is 4.79 Å². The lowest BCUT2D eigenvalue weighted by Gasteiger charge is -2.08. The van der Waals surface area contributed by atoms with Gasteiger partial charge in [-0.15, -0.1) is 11.8 Å². The second-order valence-corrected chi connectivity index (χ2v) is 4.68. The van der Waals surface area contributed by atoms with Crippen molar-refractivity contribution in [3.63, 3.8) is 0 Å². The van der Waals surface area contributed by atoms with Gasteiger partial charge in [0.05, 0.1) is 5.69 Å². The molecule has 2 aromatic rings. The summed E-state index contributed by atoms with van der Waals surface area (Å²) in [6.45, 7) is 0. The van der Waals surface area contributed by atoms with E-state index in [2.05, 4.69) is 10.4 Å². The standard InChI is InChI=1S/C13H13N3O2S/c1-16-12(17)8-7-10(15-16)13(18)14-9-5-3-4-6-11(9)19-2/h3-8H,1-2H3,(H,14,18). The van der Waals surface area contributed by atoms with Crippen LogP contribution in [0.3, 0.4) is 0 Å². The number of hydrogen-bond acceptors (Lipinski definition) is 4. The van der Waals surface area contributed by atoms with Gasteiger partial charge in [-0.3, -0.25) is 9.59 Å². The van der Waals surface area contributed by atoms with Crippen LogP contribution in [-0.2, 0) is 7.05 Å². The number of aryl methyl sites for hydroxylation is 1. The largest absolute Gasteiger partial charge is 0.320 e. The van der Waals surface area contributed by atoms with Gasteiger partial charge in [0.2, 0.25) is 0 Å². The Hall–Kier alpha value is -2.08. The SMILES string of the molecule is CSc1ccccc1NC(=O)c1ccc(=O)n(C)n1. The minimum Gasteiger partial charge on any atom is -0.320 e. The van der Waals surface area contributed by atoms with Crippen molar-refractivity contribution in [2.24, 2.45) is 7.05 Å². The molecule has 0 saturated heterocycles. The summed E-state index contributed by atoms with van der Waals surface area (Å²) >= 11 is 1.55. The van der Waals surface area contributed by atoms with Crippen LogP contribution in [0.2, 0.25) is 0 Å². The summed E-state index contributed by atoms with van der Waals surface area (Å²) in [6.07, 6.45) is 1.94. The number of hydrogen-bond donors (Lipinski definition) is 1.